The van der Waals surface area contributed by atoms with Gasteiger partial charge in [-0.05, 0) is 30.7 Å². The van der Waals surface area contributed by atoms with E-state index in [0.717, 1.165) is 31.6 Å². The lowest BCUT2D eigenvalue weighted by molar-refractivity contribution is -0.133. The van der Waals surface area contributed by atoms with Crippen molar-refractivity contribution in [2.24, 2.45) is 0 Å². The van der Waals surface area contributed by atoms with Crippen molar-refractivity contribution in [1.82, 2.24) is 10.2 Å². The number of methoxy groups -OCH3 is 1. The van der Waals surface area contributed by atoms with Crippen molar-refractivity contribution in [1.29, 1.82) is 0 Å². The molecule has 1 aromatic carbocycles. The smallest absolute Gasteiger partial charge is 0.260 e. The van der Waals surface area contributed by atoms with Gasteiger partial charge < -0.3 is 24.8 Å². The molecule has 1 aliphatic rings. The van der Waals surface area contributed by atoms with Crippen LogP contribution in [0.5, 0.6) is 11.5 Å². The van der Waals surface area contributed by atoms with Crippen molar-refractivity contribution >= 4 is 5.91 Å². The number of ether oxygens (including phenoxy) is 2. The van der Waals surface area contributed by atoms with E-state index in [1.807, 2.05) is 4.90 Å². The number of nitrogens with zero attached hydrogens (tertiary/aromatic N) is 1. The fraction of sp³-hybridized carbons (Fsp3) is 0.533. The summed E-state index contributed by atoms with van der Waals surface area (Å²) in [6.07, 6.45) is 0.959. The van der Waals surface area contributed by atoms with Gasteiger partial charge in [-0.3, -0.25) is 4.79 Å². The van der Waals surface area contributed by atoms with Crippen LogP contribution in [0, 0.1) is 0 Å². The lowest BCUT2D eigenvalue weighted by Gasteiger charge is -2.20. The Hall–Kier alpha value is -1.79. The molecule has 0 aromatic heterocycles. The van der Waals surface area contributed by atoms with Crippen LogP contribution in [-0.2, 0) is 11.4 Å². The lowest BCUT2D eigenvalue weighted by Crippen LogP contribution is -2.37. The highest BCUT2D eigenvalue weighted by Gasteiger charge is 2.16. The van der Waals surface area contributed by atoms with Gasteiger partial charge in [0, 0.05) is 19.6 Å². The minimum Gasteiger partial charge on any atom is -0.493 e. The molecule has 2 rings (SSSR count). The zero-order valence-corrected chi connectivity index (χ0v) is 12.3. The first-order valence-corrected chi connectivity index (χ1v) is 7.13. The minimum atomic E-state index is -0.0592. The van der Waals surface area contributed by atoms with Crippen LogP contribution in [0.1, 0.15) is 12.0 Å². The number of hydrogen-bond donors (Lipinski definition) is 2. The van der Waals surface area contributed by atoms with Crippen molar-refractivity contribution in [2.75, 3.05) is 39.9 Å². The van der Waals surface area contributed by atoms with Gasteiger partial charge in [-0.25, -0.2) is 0 Å². The largest absolute Gasteiger partial charge is 0.493 e. The molecule has 6 nitrogen and oxygen atoms in total. The van der Waals surface area contributed by atoms with E-state index >= 15 is 0 Å². The Balaban J connectivity index is 1.94. The first-order valence-electron chi connectivity index (χ1n) is 7.13. The summed E-state index contributed by atoms with van der Waals surface area (Å²) in [4.78, 5) is 14.0. The third-order valence-corrected chi connectivity index (χ3v) is 3.45. The van der Waals surface area contributed by atoms with Gasteiger partial charge in [0.2, 0.25) is 0 Å². The summed E-state index contributed by atoms with van der Waals surface area (Å²) in [6.45, 7) is 3.17. The van der Waals surface area contributed by atoms with E-state index in [9.17, 15) is 4.79 Å². The number of amides is 1. The van der Waals surface area contributed by atoms with Crippen molar-refractivity contribution in [3.63, 3.8) is 0 Å². The van der Waals surface area contributed by atoms with Gasteiger partial charge in [-0.1, -0.05) is 6.07 Å². The molecule has 6 heteroatoms. The molecule has 1 aliphatic heterocycles. The molecule has 0 aliphatic carbocycles. The Bertz CT molecular complexity index is 471. The highest BCUT2D eigenvalue weighted by atomic mass is 16.5. The Morgan fingerprint density at radius 3 is 2.95 bits per heavy atom. The maximum absolute atomic E-state index is 12.1. The highest BCUT2D eigenvalue weighted by Crippen LogP contribution is 2.28. The minimum absolute atomic E-state index is 0.00513. The van der Waals surface area contributed by atoms with Crippen LogP contribution in [-0.4, -0.2) is 55.8 Å². The van der Waals surface area contributed by atoms with Crippen molar-refractivity contribution in [2.45, 2.75) is 13.0 Å². The Morgan fingerprint density at radius 2 is 2.19 bits per heavy atom. The Kier molecular flexibility index (Phi) is 5.83. The average molecular weight is 294 g/mol. The second-order valence-corrected chi connectivity index (χ2v) is 4.92. The van der Waals surface area contributed by atoms with Crippen LogP contribution in [0.2, 0.25) is 0 Å². The molecule has 0 bridgehead atoms. The van der Waals surface area contributed by atoms with Crippen LogP contribution in [0.3, 0.4) is 0 Å². The van der Waals surface area contributed by atoms with Gasteiger partial charge in [-0.15, -0.1) is 0 Å². The summed E-state index contributed by atoms with van der Waals surface area (Å²) in [5.74, 6) is 1.01. The average Bonchev–Trinajstić information content (AvgIpc) is 2.81. The molecule has 2 N–H and O–H groups in total. The molecule has 0 atom stereocenters. The number of rotatable bonds is 5. The number of carbonyl (C=O) groups is 1. The third kappa shape index (κ3) is 4.34. The Labute approximate surface area is 124 Å². The summed E-state index contributed by atoms with van der Waals surface area (Å²) < 4.78 is 10.8. The summed E-state index contributed by atoms with van der Waals surface area (Å²) >= 11 is 0. The van der Waals surface area contributed by atoms with Gasteiger partial charge in [0.1, 0.15) is 0 Å². The lowest BCUT2D eigenvalue weighted by atomic mass is 10.2. The summed E-state index contributed by atoms with van der Waals surface area (Å²) in [7, 11) is 1.53. The van der Waals surface area contributed by atoms with Crippen molar-refractivity contribution < 1.29 is 19.4 Å². The molecule has 0 saturated carbocycles. The van der Waals surface area contributed by atoms with E-state index in [1.54, 1.807) is 18.2 Å². The van der Waals surface area contributed by atoms with Gasteiger partial charge in [0.15, 0.2) is 18.1 Å². The van der Waals surface area contributed by atoms with Crippen molar-refractivity contribution in [3.05, 3.63) is 23.8 Å². The van der Waals surface area contributed by atoms with E-state index in [1.165, 1.54) is 7.11 Å². The number of nitrogens with one attached hydrogen (secondary N) is 1. The van der Waals surface area contributed by atoms with Crippen molar-refractivity contribution in [3.8, 4) is 11.5 Å². The zero-order valence-electron chi connectivity index (χ0n) is 12.3. The second-order valence-electron chi connectivity index (χ2n) is 4.92. The van der Waals surface area contributed by atoms with E-state index in [-0.39, 0.29) is 19.1 Å². The van der Waals surface area contributed by atoms with E-state index in [0.29, 0.717) is 18.0 Å². The monoisotopic (exact) mass is 294 g/mol. The topological polar surface area (TPSA) is 71.0 Å². The van der Waals surface area contributed by atoms with Crippen LogP contribution in [0.15, 0.2) is 18.2 Å². The molecule has 1 saturated heterocycles. The molecule has 1 heterocycles. The fourth-order valence-corrected chi connectivity index (χ4v) is 2.26. The SMILES string of the molecule is COc1cc(CO)ccc1OCC(=O)N1CCCNCC1. The van der Waals surface area contributed by atoms with E-state index in [2.05, 4.69) is 5.32 Å². The third-order valence-electron chi connectivity index (χ3n) is 3.45. The number of aliphatic hydroxyl groups excluding tert-OH is 1. The molecule has 0 unspecified atom stereocenters. The fourth-order valence-electron chi connectivity index (χ4n) is 2.26. The maximum Gasteiger partial charge on any atom is 0.260 e. The first kappa shape index (κ1) is 15.6. The first-order chi connectivity index (χ1) is 10.2. The summed E-state index contributed by atoms with van der Waals surface area (Å²) in [6, 6.07) is 5.16. The number of benzene rings is 1. The molecule has 21 heavy (non-hydrogen) atoms. The summed E-state index contributed by atoms with van der Waals surface area (Å²) in [5, 5.41) is 12.4. The van der Waals surface area contributed by atoms with Crippen LogP contribution in [0.25, 0.3) is 0 Å². The zero-order chi connectivity index (χ0) is 15.1. The predicted molar refractivity (Wildman–Crippen MR) is 78.5 cm³/mol. The molecule has 1 fully saturated rings. The predicted octanol–water partition coefficient (Wildman–Crippen LogP) is 0.388. The number of hydrogen-bond acceptors (Lipinski definition) is 5. The normalized spacial score (nSPS) is 15.4. The van der Waals surface area contributed by atoms with Crippen LogP contribution >= 0.6 is 0 Å². The van der Waals surface area contributed by atoms with Crippen LogP contribution < -0.4 is 14.8 Å². The second kappa shape index (κ2) is 7.85. The molecular formula is C15H22N2O4. The van der Waals surface area contributed by atoms with Gasteiger partial charge in [0.25, 0.3) is 5.91 Å². The number of aliphatic hydroxyl groups is 1. The summed E-state index contributed by atoms with van der Waals surface area (Å²) in [5.41, 5.74) is 0.740. The van der Waals surface area contributed by atoms with Gasteiger partial charge in [0.05, 0.1) is 13.7 Å². The molecular weight excluding hydrogens is 272 g/mol. The standard InChI is InChI=1S/C15H22N2O4/c1-20-14-9-12(10-18)3-4-13(14)21-11-15(19)17-7-2-5-16-6-8-17/h3-4,9,16,18H,2,5-8,10-11H2,1H3. The van der Waals surface area contributed by atoms with Gasteiger partial charge in [-0.2, -0.15) is 0 Å². The number of carbonyl (C=O) groups excluding carboxylic acids is 1. The molecule has 116 valence electrons. The highest BCUT2D eigenvalue weighted by molar-refractivity contribution is 5.77. The molecule has 0 radical (unpaired) electrons. The molecule has 1 aromatic rings. The van der Waals surface area contributed by atoms with Crippen LogP contribution in [0.4, 0.5) is 0 Å². The quantitative estimate of drug-likeness (QED) is 0.822. The van der Waals surface area contributed by atoms with Gasteiger partial charge >= 0.3 is 0 Å². The van der Waals surface area contributed by atoms with E-state index in [4.69, 9.17) is 14.6 Å². The van der Waals surface area contributed by atoms with E-state index < -0.39 is 0 Å². The Morgan fingerprint density at radius 1 is 1.33 bits per heavy atom. The maximum atomic E-state index is 12.1. The molecule has 0 spiro atoms. The molecule has 1 amide bonds.